The van der Waals surface area contributed by atoms with Gasteiger partial charge in [-0.3, -0.25) is 4.79 Å². The molecule has 0 radical (unpaired) electrons. The summed E-state index contributed by atoms with van der Waals surface area (Å²) < 4.78 is 26.2. The van der Waals surface area contributed by atoms with Crippen LogP contribution in [-0.4, -0.2) is 29.9 Å². The van der Waals surface area contributed by atoms with Crippen molar-refractivity contribution in [2.75, 3.05) is 14.2 Å². The highest BCUT2D eigenvalue weighted by Gasteiger charge is 2.36. The Morgan fingerprint density at radius 2 is 1.97 bits per heavy atom. The number of ether oxygens (including phenoxy) is 2. The lowest BCUT2D eigenvalue weighted by Crippen LogP contribution is -2.36. The predicted molar refractivity (Wildman–Crippen MR) is 124 cm³/mol. The zero-order valence-electron chi connectivity index (χ0n) is 19.5. The number of hydrogen-bond acceptors (Lipinski definition) is 4. The fourth-order valence-corrected chi connectivity index (χ4v) is 4.56. The summed E-state index contributed by atoms with van der Waals surface area (Å²) in [6, 6.07) is 12.0. The Balaban J connectivity index is 1.49. The minimum Gasteiger partial charge on any atom is -0.493 e. The van der Waals surface area contributed by atoms with Crippen molar-refractivity contribution in [2.24, 2.45) is 5.41 Å². The van der Waals surface area contributed by atoms with Crippen molar-refractivity contribution in [1.82, 2.24) is 15.1 Å². The molecule has 4 rings (SSSR count). The smallest absolute Gasteiger partial charge is 0.220 e. The molecule has 1 atom stereocenters. The molecule has 33 heavy (non-hydrogen) atoms. The van der Waals surface area contributed by atoms with Gasteiger partial charge < -0.3 is 14.8 Å². The van der Waals surface area contributed by atoms with Crippen LogP contribution < -0.4 is 14.8 Å². The van der Waals surface area contributed by atoms with E-state index in [0.29, 0.717) is 30.0 Å². The maximum Gasteiger partial charge on any atom is 0.220 e. The second-order valence-corrected chi connectivity index (χ2v) is 9.29. The molecule has 2 aromatic carbocycles. The molecule has 0 aliphatic heterocycles. The first-order valence-corrected chi connectivity index (χ1v) is 11.1. The number of aromatic nitrogens is 2. The minimum atomic E-state index is -0.299. The van der Waals surface area contributed by atoms with Crippen molar-refractivity contribution < 1.29 is 18.7 Å². The monoisotopic (exact) mass is 451 g/mol. The zero-order valence-corrected chi connectivity index (χ0v) is 19.5. The highest BCUT2D eigenvalue weighted by atomic mass is 19.1. The second kappa shape index (κ2) is 9.25. The van der Waals surface area contributed by atoms with Crippen LogP contribution in [0.4, 0.5) is 4.39 Å². The number of methoxy groups -OCH3 is 2. The third kappa shape index (κ3) is 5.02. The second-order valence-electron chi connectivity index (χ2n) is 9.29. The van der Waals surface area contributed by atoms with Gasteiger partial charge in [0.2, 0.25) is 5.91 Å². The number of benzene rings is 2. The molecular formula is C26H30FN3O3. The molecule has 1 aliphatic rings. The summed E-state index contributed by atoms with van der Waals surface area (Å²) in [4.78, 5) is 12.9. The van der Waals surface area contributed by atoms with E-state index in [4.69, 9.17) is 9.47 Å². The zero-order chi connectivity index (χ0) is 23.6. The summed E-state index contributed by atoms with van der Waals surface area (Å²) in [7, 11) is 3.20. The number of fused-ring (bicyclic) bond motifs is 1. The van der Waals surface area contributed by atoms with Gasteiger partial charge in [-0.15, -0.1) is 0 Å². The molecule has 0 saturated heterocycles. The van der Waals surface area contributed by atoms with Crippen molar-refractivity contribution in [2.45, 2.75) is 45.6 Å². The summed E-state index contributed by atoms with van der Waals surface area (Å²) >= 11 is 0. The molecule has 1 aromatic heterocycles. The van der Waals surface area contributed by atoms with Crippen LogP contribution in [0.1, 0.15) is 49.6 Å². The molecular weight excluding hydrogens is 421 g/mol. The van der Waals surface area contributed by atoms with Crippen LogP contribution in [-0.2, 0) is 17.6 Å². The van der Waals surface area contributed by atoms with Crippen LogP contribution >= 0.6 is 0 Å². The summed E-state index contributed by atoms with van der Waals surface area (Å²) in [6.07, 6.45) is 4.38. The molecule has 0 bridgehead atoms. The van der Waals surface area contributed by atoms with E-state index in [1.165, 1.54) is 12.1 Å². The van der Waals surface area contributed by atoms with Crippen LogP contribution in [0.15, 0.2) is 48.7 Å². The number of halogens is 1. The Kier molecular flexibility index (Phi) is 6.40. The summed E-state index contributed by atoms with van der Waals surface area (Å²) in [6.45, 7) is 4.36. The van der Waals surface area contributed by atoms with Crippen molar-refractivity contribution in [3.63, 3.8) is 0 Å². The molecule has 1 heterocycles. The lowest BCUT2D eigenvalue weighted by atomic mass is 9.74. The van der Waals surface area contributed by atoms with E-state index in [9.17, 15) is 9.18 Å². The fourth-order valence-electron chi connectivity index (χ4n) is 4.56. The van der Waals surface area contributed by atoms with E-state index in [2.05, 4.69) is 24.3 Å². The number of nitrogens with one attached hydrogen (secondary N) is 1. The van der Waals surface area contributed by atoms with Gasteiger partial charge in [0.15, 0.2) is 11.5 Å². The molecule has 174 valence electrons. The third-order valence-electron chi connectivity index (χ3n) is 6.16. The Hall–Kier alpha value is -3.35. The predicted octanol–water partition coefficient (Wildman–Crippen LogP) is 4.79. The highest BCUT2D eigenvalue weighted by Crippen LogP contribution is 2.41. The third-order valence-corrected chi connectivity index (χ3v) is 6.16. The van der Waals surface area contributed by atoms with Gasteiger partial charge in [-0.25, -0.2) is 9.07 Å². The van der Waals surface area contributed by atoms with E-state index in [0.717, 1.165) is 29.7 Å². The van der Waals surface area contributed by atoms with Gasteiger partial charge >= 0.3 is 0 Å². The fraction of sp³-hybridized carbons (Fsp3) is 0.385. The van der Waals surface area contributed by atoms with Crippen molar-refractivity contribution in [1.29, 1.82) is 0 Å². The maximum atomic E-state index is 13.8. The first-order valence-electron chi connectivity index (χ1n) is 11.1. The molecule has 3 aromatic rings. The van der Waals surface area contributed by atoms with Crippen molar-refractivity contribution >= 4 is 5.91 Å². The number of aryl methyl sites for hydroxylation is 1. The van der Waals surface area contributed by atoms with Crippen molar-refractivity contribution in [3.8, 4) is 17.2 Å². The molecule has 1 amide bonds. The Labute approximate surface area is 193 Å². The van der Waals surface area contributed by atoms with E-state index in [-0.39, 0.29) is 23.2 Å². The minimum absolute atomic E-state index is 0.0167. The number of hydrogen-bond donors (Lipinski definition) is 1. The number of rotatable bonds is 7. The Morgan fingerprint density at radius 1 is 1.18 bits per heavy atom. The Bertz CT molecular complexity index is 1160. The Morgan fingerprint density at radius 3 is 2.70 bits per heavy atom. The SMILES string of the molecule is COc1ccc(CCC(=O)N[C@@H]2CC(C)(C)Cc3c2cnn3-c2cccc(F)c2)cc1OC. The van der Waals surface area contributed by atoms with Crippen LogP contribution in [0.3, 0.4) is 0 Å². The first kappa shape index (κ1) is 22.8. The highest BCUT2D eigenvalue weighted by molar-refractivity contribution is 5.77. The molecule has 7 heteroatoms. The largest absolute Gasteiger partial charge is 0.493 e. The lowest BCUT2D eigenvalue weighted by Gasteiger charge is -2.36. The van der Waals surface area contributed by atoms with Crippen LogP contribution in [0.5, 0.6) is 11.5 Å². The van der Waals surface area contributed by atoms with Gasteiger partial charge in [-0.05, 0) is 60.6 Å². The van der Waals surface area contributed by atoms with Gasteiger partial charge in [0, 0.05) is 12.0 Å². The maximum absolute atomic E-state index is 13.8. The van der Waals surface area contributed by atoms with E-state index < -0.39 is 0 Å². The summed E-state index contributed by atoms with van der Waals surface area (Å²) in [5.74, 6) is 1.00. The molecule has 0 saturated carbocycles. The van der Waals surface area contributed by atoms with E-state index in [1.807, 2.05) is 24.3 Å². The van der Waals surface area contributed by atoms with Crippen LogP contribution in [0, 0.1) is 11.2 Å². The van der Waals surface area contributed by atoms with Crippen LogP contribution in [0.25, 0.3) is 5.69 Å². The summed E-state index contributed by atoms with van der Waals surface area (Å²) in [5.41, 5.74) is 3.68. The van der Waals surface area contributed by atoms with Gasteiger partial charge in [-0.1, -0.05) is 26.0 Å². The normalized spacial score (nSPS) is 16.7. The molecule has 0 unspecified atom stereocenters. The number of nitrogens with zero attached hydrogens (tertiary/aromatic N) is 2. The molecule has 6 nitrogen and oxygen atoms in total. The average molecular weight is 452 g/mol. The van der Waals surface area contributed by atoms with Crippen molar-refractivity contribution in [3.05, 3.63) is 71.3 Å². The summed E-state index contributed by atoms with van der Waals surface area (Å²) in [5, 5.41) is 7.74. The van der Waals surface area contributed by atoms with Gasteiger partial charge in [0.05, 0.1) is 37.8 Å². The quantitative estimate of drug-likeness (QED) is 0.561. The topological polar surface area (TPSA) is 65.4 Å². The molecule has 1 N–H and O–H groups in total. The number of carbonyl (C=O) groups is 1. The van der Waals surface area contributed by atoms with Crippen LogP contribution in [0.2, 0.25) is 0 Å². The molecule has 0 fully saturated rings. The first-order chi connectivity index (χ1) is 15.8. The average Bonchev–Trinajstić information content (AvgIpc) is 3.20. The molecule has 1 aliphatic carbocycles. The van der Waals surface area contributed by atoms with Gasteiger partial charge in [0.25, 0.3) is 0 Å². The van der Waals surface area contributed by atoms with E-state index in [1.54, 1.807) is 31.2 Å². The van der Waals surface area contributed by atoms with E-state index >= 15 is 0 Å². The van der Waals surface area contributed by atoms with Gasteiger partial charge in [-0.2, -0.15) is 5.10 Å². The molecule has 0 spiro atoms. The lowest BCUT2D eigenvalue weighted by molar-refractivity contribution is -0.122. The van der Waals surface area contributed by atoms with Gasteiger partial charge in [0.1, 0.15) is 5.82 Å². The number of carbonyl (C=O) groups excluding carboxylic acids is 1. The number of amides is 1. The standard InChI is InChI=1S/C26H30FN3O3/c1-26(2)14-21(20-16-28-30(22(20)15-26)19-7-5-6-18(27)13-19)29-25(31)11-9-17-8-10-23(32-3)24(12-17)33-4/h5-8,10,12-13,16,21H,9,11,14-15H2,1-4H3,(H,29,31)/t21-/m1/s1.